The Morgan fingerprint density at radius 2 is 1.18 bits per heavy atom. The molecule has 4 fully saturated rings. The Balaban J connectivity index is 2.00. The summed E-state index contributed by atoms with van der Waals surface area (Å²) in [6.07, 6.45) is 4.06. The van der Waals surface area contributed by atoms with Gasteiger partial charge in [-0.1, -0.05) is 0 Å². The van der Waals surface area contributed by atoms with E-state index in [0.717, 1.165) is 17.8 Å². The summed E-state index contributed by atoms with van der Waals surface area (Å²) in [4.78, 5) is 0. The predicted molar refractivity (Wildman–Crippen MR) is 47.1 cm³/mol. The lowest BCUT2D eigenvalue weighted by Gasteiger charge is -2.31. The van der Waals surface area contributed by atoms with E-state index in [4.69, 9.17) is 23.2 Å². The Morgan fingerprint density at radius 3 is 1.64 bits per heavy atom. The van der Waals surface area contributed by atoms with Gasteiger partial charge < -0.3 is 0 Å². The van der Waals surface area contributed by atoms with E-state index in [1.165, 1.54) is 19.3 Å². The molecule has 4 saturated carbocycles. The van der Waals surface area contributed by atoms with Gasteiger partial charge in [-0.25, -0.2) is 0 Å². The van der Waals surface area contributed by atoms with Gasteiger partial charge in [0.15, 0.2) is 0 Å². The molecular formula is C9H12Cl2. The zero-order valence-electron chi connectivity index (χ0n) is 6.34. The highest BCUT2D eigenvalue weighted by atomic mass is 35.5. The fraction of sp³-hybridized carbons (Fsp3) is 1.00. The molecule has 0 aromatic carbocycles. The average Bonchev–Trinajstić information content (AvgIpc) is 2.33. The molecule has 0 saturated heterocycles. The maximum absolute atomic E-state index is 6.31. The lowest BCUT2D eigenvalue weighted by Crippen LogP contribution is -2.32. The monoisotopic (exact) mass is 190 g/mol. The van der Waals surface area contributed by atoms with Gasteiger partial charge >= 0.3 is 0 Å². The topological polar surface area (TPSA) is 0 Å². The van der Waals surface area contributed by atoms with Crippen LogP contribution < -0.4 is 0 Å². The molecule has 0 spiro atoms. The first-order chi connectivity index (χ1) is 5.27. The first-order valence-corrected chi connectivity index (χ1v) is 5.43. The molecule has 4 aliphatic carbocycles. The van der Waals surface area contributed by atoms with Gasteiger partial charge in [-0.2, -0.15) is 0 Å². The Bertz CT molecular complexity index is 171. The Labute approximate surface area is 77.2 Å². The lowest BCUT2D eigenvalue weighted by atomic mass is 9.81. The van der Waals surface area contributed by atoms with Crippen molar-refractivity contribution in [2.75, 3.05) is 0 Å². The van der Waals surface area contributed by atoms with Crippen LogP contribution in [0.1, 0.15) is 19.3 Å². The highest BCUT2D eigenvalue weighted by Crippen LogP contribution is 2.61. The van der Waals surface area contributed by atoms with E-state index in [9.17, 15) is 0 Å². The molecule has 4 bridgehead atoms. The van der Waals surface area contributed by atoms with E-state index in [1.54, 1.807) is 0 Å². The van der Waals surface area contributed by atoms with Gasteiger partial charge in [0.2, 0.25) is 0 Å². The molecule has 6 atom stereocenters. The van der Waals surface area contributed by atoms with Crippen LogP contribution in [0.5, 0.6) is 0 Å². The molecule has 2 heteroatoms. The van der Waals surface area contributed by atoms with Gasteiger partial charge in [0.25, 0.3) is 0 Å². The van der Waals surface area contributed by atoms with Crippen molar-refractivity contribution in [3.8, 4) is 0 Å². The van der Waals surface area contributed by atoms with Gasteiger partial charge in [-0.3, -0.25) is 0 Å². The van der Waals surface area contributed by atoms with Gasteiger partial charge in [0.1, 0.15) is 0 Å². The van der Waals surface area contributed by atoms with Crippen LogP contribution >= 0.6 is 23.2 Å². The molecule has 11 heavy (non-hydrogen) atoms. The minimum atomic E-state index is 0.418. The summed E-state index contributed by atoms with van der Waals surface area (Å²) in [6.45, 7) is 0. The third kappa shape index (κ3) is 0.734. The maximum atomic E-state index is 6.31. The van der Waals surface area contributed by atoms with E-state index in [2.05, 4.69) is 0 Å². The lowest BCUT2D eigenvalue weighted by molar-refractivity contribution is 0.287. The second-order valence-corrected chi connectivity index (χ2v) is 5.46. The highest BCUT2D eigenvalue weighted by molar-refractivity contribution is 6.25. The number of hydrogen-bond donors (Lipinski definition) is 0. The summed E-state index contributed by atoms with van der Waals surface area (Å²) in [6, 6.07) is 0. The Morgan fingerprint density at radius 1 is 0.727 bits per heavy atom. The number of halogens is 2. The Kier molecular flexibility index (Phi) is 1.33. The minimum Gasteiger partial charge on any atom is -0.122 e. The molecule has 0 aromatic rings. The number of rotatable bonds is 0. The van der Waals surface area contributed by atoms with E-state index >= 15 is 0 Å². The quantitative estimate of drug-likeness (QED) is 0.516. The summed E-state index contributed by atoms with van der Waals surface area (Å²) in [7, 11) is 0. The third-order valence-electron chi connectivity index (χ3n) is 4.00. The SMILES string of the molecule is Cl[C@@H]1C2C3C[C@H]1C[C@@H](C3)[C@H]2Cl. The summed E-state index contributed by atoms with van der Waals surface area (Å²) < 4.78 is 0. The van der Waals surface area contributed by atoms with Crippen molar-refractivity contribution in [3.63, 3.8) is 0 Å². The van der Waals surface area contributed by atoms with Crippen LogP contribution in [-0.4, -0.2) is 10.8 Å². The van der Waals surface area contributed by atoms with Crippen LogP contribution in [0.15, 0.2) is 0 Å². The van der Waals surface area contributed by atoms with E-state index in [1.807, 2.05) is 0 Å². The van der Waals surface area contributed by atoms with Crippen LogP contribution in [0.2, 0.25) is 0 Å². The zero-order valence-corrected chi connectivity index (χ0v) is 7.85. The second kappa shape index (κ2) is 2.09. The molecule has 0 N–H and O–H groups in total. The summed E-state index contributed by atoms with van der Waals surface area (Å²) in [5.41, 5.74) is 0. The molecule has 0 aliphatic heterocycles. The normalized spacial score (nSPS) is 66.0. The van der Waals surface area contributed by atoms with Gasteiger partial charge in [-0.05, 0) is 42.9 Å². The van der Waals surface area contributed by atoms with Crippen LogP contribution in [0.4, 0.5) is 0 Å². The number of hydrogen-bond acceptors (Lipinski definition) is 0. The first kappa shape index (κ1) is 7.03. The van der Waals surface area contributed by atoms with E-state index in [0.29, 0.717) is 16.7 Å². The van der Waals surface area contributed by atoms with Gasteiger partial charge in [0, 0.05) is 10.8 Å². The molecule has 62 valence electrons. The number of alkyl halides is 2. The minimum absolute atomic E-state index is 0.418. The maximum Gasteiger partial charge on any atom is 0.0409 e. The summed E-state index contributed by atoms with van der Waals surface area (Å²) in [5.74, 6) is 3.20. The average molecular weight is 191 g/mol. The van der Waals surface area contributed by atoms with Crippen LogP contribution in [0, 0.1) is 23.7 Å². The van der Waals surface area contributed by atoms with E-state index < -0.39 is 0 Å². The van der Waals surface area contributed by atoms with E-state index in [-0.39, 0.29) is 0 Å². The highest BCUT2D eigenvalue weighted by Gasteiger charge is 2.57. The molecular weight excluding hydrogens is 179 g/mol. The second-order valence-electron chi connectivity index (χ2n) is 4.45. The van der Waals surface area contributed by atoms with Crippen molar-refractivity contribution in [2.45, 2.75) is 30.0 Å². The fourth-order valence-corrected chi connectivity index (χ4v) is 4.82. The molecule has 4 rings (SSSR count). The first-order valence-electron chi connectivity index (χ1n) is 4.55. The molecule has 4 aliphatic rings. The van der Waals surface area contributed by atoms with Crippen molar-refractivity contribution < 1.29 is 0 Å². The molecule has 0 amide bonds. The zero-order chi connectivity index (χ0) is 7.59. The van der Waals surface area contributed by atoms with Crippen molar-refractivity contribution in [1.29, 1.82) is 0 Å². The Hall–Kier alpha value is 0.580. The van der Waals surface area contributed by atoms with Crippen molar-refractivity contribution in [3.05, 3.63) is 0 Å². The molecule has 0 radical (unpaired) electrons. The van der Waals surface area contributed by atoms with Crippen molar-refractivity contribution in [2.24, 2.45) is 23.7 Å². The molecule has 0 heterocycles. The third-order valence-corrected chi connectivity index (χ3v) is 5.29. The van der Waals surface area contributed by atoms with Gasteiger partial charge in [0.05, 0.1) is 0 Å². The molecule has 2 unspecified atom stereocenters. The smallest absolute Gasteiger partial charge is 0.0409 e. The molecule has 0 aromatic heterocycles. The van der Waals surface area contributed by atoms with Crippen LogP contribution in [-0.2, 0) is 0 Å². The fourth-order valence-electron chi connectivity index (χ4n) is 3.61. The standard InChI is InChI=1S/C9H12Cl2/c10-8-5-1-4-2-6(3-5)9(11)7(4)8/h4-9H,1-3H2/t4?,5-,6+,7?,8-,9+. The largest absolute Gasteiger partial charge is 0.122 e. The summed E-state index contributed by atoms with van der Waals surface area (Å²) in [5, 5.41) is 0.836. The van der Waals surface area contributed by atoms with Crippen LogP contribution in [0.25, 0.3) is 0 Å². The van der Waals surface area contributed by atoms with Crippen molar-refractivity contribution in [1.82, 2.24) is 0 Å². The van der Waals surface area contributed by atoms with Gasteiger partial charge in [-0.15, -0.1) is 23.2 Å². The van der Waals surface area contributed by atoms with Crippen LogP contribution in [0.3, 0.4) is 0 Å². The molecule has 0 nitrogen and oxygen atoms in total. The predicted octanol–water partition coefficient (Wildman–Crippen LogP) is 2.88. The van der Waals surface area contributed by atoms with Crippen molar-refractivity contribution >= 4 is 23.2 Å². The summed E-state index contributed by atoms with van der Waals surface area (Å²) >= 11 is 12.6.